The van der Waals surface area contributed by atoms with Gasteiger partial charge in [-0.2, -0.15) is 0 Å². The van der Waals surface area contributed by atoms with Crippen LogP contribution in [0.5, 0.6) is 0 Å². The first-order chi connectivity index (χ1) is 11.1. The molecule has 2 aromatic carbocycles. The fourth-order valence-corrected chi connectivity index (χ4v) is 3.49. The zero-order valence-corrected chi connectivity index (χ0v) is 14.1. The number of nitrogens with one attached hydrogen (secondary N) is 1. The molecule has 1 aliphatic rings. The number of ketones is 1. The first-order valence-electron chi connectivity index (χ1n) is 8.25. The molecular formula is C20H22ClNO. The van der Waals surface area contributed by atoms with Crippen LogP contribution in [0.25, 0.3) is 0 Å². The van der Waals surface area contributed by atoms with Crippen molar-refractivity contribution in [3.05, 3.63) is 64.7 Å². The molecule has 120 valence electrons. The van der Waals surface area contributed by atoms with Crippen LogP contribution in [-0.2, 0) is 4.79 Å². The van der Waals surface area contributed by atoms with Gasteiger partial charge in [0.1, 0.15) is 5.78 Å². The fraction of sp³-hybridized carbons (Fsp3) is 0.350. The molecule has 0 heterocycles. The van der Waals surface area contributed by atoms with Crippen LogP contribution < -0.4 is 5.32 Å². The zero-order valence-electron chi connectivity index (χ0n) is 13.4. The average molecular weight is 328 g/mol. The Hall–Kier alpha value is -1.80. The monoisotopic (exact) mass is 327 g/mol. The van der Waals surface area contributed by atoms with Crippen LogP contribution in [0.4, 0.5) is 5.69 Å². The summed E-state index contributed by atoms with van der Waals surface area (Å²) in [5.74, 6) is 0.404. The minimum atomic E-state index is 0.00173. The highest BCUT2D eigenvalue weighted by atomic mass is 35.5. The lowest BCUT2D eigenvalue weighted by molar-refractivity contribution is -0.125. The van der Waals surface area contributed by atoms with Crippen LogP contribution in [0.15, 0.2) is 48.5 Å². The van der Waals surface area contributed by atoms with E-state index in [1.54, 1.807) is 0 Å². The summed E-state index contributed by atoms with van der Waals surface area (Å²) >= 11 is 6.02. The SMILES string of the molecule is Cc1cccc(N[C@@H](c2ccc(Cl)cc2)[C@@H]2CCCCC2=O)c1. The van der Waals surface area contributed by atoms with Gasteiger partial charge in [-0.25, -0.2) is 0 Å². The summed E-state index contributed by atoms with van der Waals surface area (Å²) in [6.07, 6.45) is 3.79. The van der Waals surface area contributed by atoms with Crippen molar-refractivity contribution in [2.24, 2.45) is 5.92 Å². The first-order valence-corrected chi connectivity index (χ1v) is 8.62. The van der Waals surface area contributed by atoms with Crippen molar-refractivity contribution in [2.45, 2.75) is 38.6 Å². The van der Waals surface area contributed by atoms with Gasteiger partial charge in [-0.05, 0) is 55.2 Å². The summed E-state index contributed by atoms with van der Waals surface area (Å²) in [4.78, 5) is 12.5. The van der Waals surface area contributed by atoms with Crippen molar-refractivity contribution in [2.75, 3.05) is 5.32 Å². The lowest BCUT2D eigenvalue weighted by Crippen LogP contribution is -2.30. The van der Waals surface area contributed by atoms with E-state index < -0.39 is 0 Å². The van der Waals surface area contributed by atoms with Gasteiger partial charge in [0.2, 0.25) is 0 Å². The molecule has 1 aliphatic carbocycles. The topological polar surface area (TPSA) is 29.1 Å². The van der Waals surface area contributed by atoms with Crippen LogP contribution in [-0.4, -0.2) is 5.78 Å². The summed E-state index contributed by atoms with van der Waals surface area (Å²) in [5, 5.41) is 4.31. The van der Waals surface area contributed by atoms with Gasteiger partial charge in [0, 0.05) is 23.0 Å². The van der Waals surface area contributed by atoms with Gasteiger partial charge in [-0.15, -0.1) is 0 Å². The van der Waals surface area contributed by atoms with Crippen molar-refractivity contribution in [1.29, 1.82) is 0 Å². The second-order valence-corrected chi connectivity index (χ2v) is 6.80. The maximum atomic E-state index is 12.5. The molecule has 2 aromatic rings. The summed E-state index contributed by atoms with van der Waals surface area (Å²) < 4.78 is 0. The number of hydrogen-bond donors (Lipinski definition) is 1. The number of benzene rings is 2. The van der Waals surface area contributed by atoms with Crippen molar-refractivity contribution < 1.29 is 4.79 Å². The molecule has 0 radical (unpaired) electrons. The Kier molecular flexibility index (Phi) is 5.02. The Morgan fingerprint density at radius 3 is 2.61 bits per heavy atom. The normalized spacial score (nSPS) is 19.4. The van der Waals surface area contributed by atoms with Crippen LogP contribution in [0, 0.1) is 12.8 Å². The summed E-state index contributed by atoms with van der Waals surface area (Å²) in [5.41, 5.74) is 3.39. The van der Waals surface area contributed by atoms with Gasteiger partial charge in [-0.1, -0.05) is 42.3 Å². The van der Waals surface area contributed by atoms with Crippen molar-refractivity contribution in [3.63, 3.8) is 0 Å². The van der Waals surface area contributed by atoms with E-state index in [0.717, 1.165) is 35.5 Å². The molecule has 2 nitrogen and oxygen atoms in total. The molecule has 1 fully saturated rings. The third kappa shape index (κ3) is 3.94. The number of hydrogen-bond acceptors (Lipinski definition) is 2. The quantitative estimate of drug-likeness (QED) is 0.796. The first kappa shape index (κ1) is 16.1. The van der Waals surface area contributed by atoms with Crippen LogP contribution in [0.1, 0.15) is 42.9 Å². The summed E-state index contributed by atoms with van der Waals surface area (Å²) in [6.45, 7) is 2.08. The zero-order chi connectivity index (χ0) is 16.2. The Balaban J connectivity index is 1.92. The maximum Gasteiger partial charge on any atom is 0.138 e. The number of halogens is 1. The third-order valence-electron chi connectivity index (χ3n) is 4.57. The molecule has 0 saturated heterocycles. The minimum absolute atomic E-state index is 0.00173. The Labute approximate surface area is 142 Å². The molecule has 23 heavy (non-hydrogen) atoms. The Morgan fingerprint density at radius 2 is 1.91 bits per heavy atom. The minimum Gasteiger partial charge on any atom is -0.377 e. The number of carbonyl (C=O) groups excluding carboxylic acids is 1. The molecular weight excluding hydrogens is 306 g/mol. The molecule has 0 aliphatic heterocycles. The van der Waals surface area contributed by atoms with Gasteiger partial charge in [-0.3, -0.25) is 4.79 Å². The second-order valence-electron chi connectivity index (χ2n) is 6.36. The van der Waals surface area contributed by atoms with E-state index in [0.29, 0.717) is 12.2 Å². The van der Waals surface area contributed by atoms with Gasteiger partial charge in [0.15, 0.2) is 0 Å². The van der Waals surface area contributed by atoms with E-state index in [9.17, 15) is 4.79 Å². The third-order valence-corrected chi connectivity index (χ3v) is 4.83. The molecule has 1 N–H and O–H groups in total. The fourth-order valence-electron chi connectivity index (χ4n) is 3.36. The van der Waals surface area contributed by atoms with Gasteiger partial charge in [0.25, 0.3) is 0 Å². The Morgan fingerprint density at radius 1 is 1.13 bits per heavy atom. The molecule has 0 unspecified atom stereocenters. The van der Waals surface area contributed by atoms with Crippen LogP contribution >= 0.6 is 11.6 Å². The molecule has 0 spiro atoms. The Bertz CT molecular complexity index is 680. The second kappa shape index (κ2) is 7.18. The highest BCUT2D eigenvalue weighted by Crippen LogP contribution is 2.35. The molecule has 2 atom stereocenters. The summed E-state index contributed by atoms with van der Waals surface area (Å²) in [7, 11) is 0. The van der Waals surface area contributed by atoms with E-state index in [1.807, 2.05) is 30.3 Å². The van der Waals surface area contributed by atoms with Gasteiger partial charge in [0.05, 0.1) is 6.04 Å². The highest BCUT2D eigenvalue weighted by molar-refractivity contribution is 6.30. The smallest absolute Gasteiger partial charge is 0.138 e. The lowest BCUT2D eigenvalue weighted by atomic mass is 9.80. The molecule has 1 saturated carbocycles. The van der Waals surface area contributed by atoms with E-state index >= 15 is 0 Å². The molecule has 0 aromatic heterocycles. The van der Waals surface area contributed by atoms with E-state index in [2.05, 4.69) is 30.4 Å². The van der Waals surface area contributed by atoms with E-state index in [1.165, 1.54) is 5.56 Å². The molecule has 0 bridgehead atoms. The van der Waals surface area contributed by atoms with E-state index in [-0.39, 0.29) is 12.0 Å². The van der Waals surface area contributed by atoms with Crippen molar-refractivity contribution in [3.8, 4) is 0 Å². The largest absolute Gasteiger partial charge is 0.377 e. The van der Waals surface area contributed by atoms with Crippen molar-refractivity contribution in [1.82, 2.24) is 0 Å². The average Bonchev–Trinajstić information content (AvgIpc) is 2.54. The predicted molar refractivity (Wildman–Crippen MR) is 96.0 cm³/mol. The number of anilines is 1. The van der Waals surface area contributed by atoms with Crippen LogP contribution in [0.3, 0.4) is 0 Å². The summed E-state index contributed by atoms with van der Waals surface area (Å²) in [6, 6.07) is 16.1. The molecule has 0 amide bonds. The number of carbonyl (C=O) groups is 1. The van der Waals surface area contributed by atoms with E-state index in [4.69, 9.17) is 11.6 Å². The predicted octanol–water partition coefficient (Wildman–Crippen LogP) is 5.56. The number of aryl methyl sites for hydroxylation is 1. The molecule has 3 rings (SSSR count). The van der Waals surface area contributed by atoms with Crippen molar-refractivity contribution >= 4 is 23.1 Å². The van der Waals surface area contributed by atoms with Gasteiger partial charge < -0.3 is 5.32 Å². The lowest BCUT2D eigenvalue weighted by Gasteiger charge is -2.31. The molecule has 3 heteroatoms. The standard InChI is InChI=1S/C20H22ClNO/c1-14-5-4-6-17(13-14)22-20(15-9-11-16(21)12-10-15)18-7-2-3-8-19(18)23/h4-6,9-13,18,20,22H,2-3,7-8H2,1H3/t18-,20+/m1/s1. The highest BCUT2D eigenvalue weighted by Gasteiger charge is 2.31. The maximum absolute atomic E-state index is 12.5. The number of Topliss-reactive ketones (excluding diaryl/α,β-unsaturated/α-hetero) is 1. The van der Waals surface area contributed by atoms with Crippen LogP contribution in [0.2, 0.25) is 5.02 Å². The van der Waals surface area contributed by atoms with Gasteiger partial charge >= 0.3 is 0 Å². The number of rotatable bonds is 4.